The van der Waals surface area contributed by atoms with Crippen molar-refractivity contribution < 1.29 is 13.9 Å². The number of benzene rings is 2. The fraction of sp³-hybridized carbons (Fsp3) is 0.259. The van der Waals surface area contributed by atoms with Crippen LogP contribution >= 0.6 is 11.6 Å². The number of fused-ring (bicyclic) bond motifs is 1. The lowest BCUT2D eigenvalue weighted by atomic mass is 10.1. The van der Waals surface area contributed by atoms with Crippen LogP contribution in [0.4, 0.5) is 27.4 Å². The van der Waals surface area contributed by atoms with E-state index in [4.69, 9.17) is 21.3 Å². The zero-order chi connectivity index (χ0) is 27.4. The van der Waals surface area contributed by atoms with Crippen LogP contribution in [-0.2, 0) is 9.53 Å². The van der Waals surface area contributed by atoms with Crippen molar-refractivity contribution >= 4 is 51.6 Å². The minimum atomic E-state index is -0.310. The first-order valence-corrected chi connectivity index (χ1v) is 12.8. The van der Waals surface area contributed by atoms with Gasteiger partial charge in [-0.2, -0.15) is 10.1 Å². The summed E-state index contributed by atoms with van der Waals surface area (Å²) in [6.45, 7) is 2.97. The summed E-state index contributed by atoms with van der Waals surface area (Å²) in [7, 11) is 3.86. The number of nitrogens with zero attached hydrogens (tertiary/aromatic N) is 5. The summed E-state index contributed by atoms with van der Waals surface area (Å²) in [4.78, 5) is 25.5. The SMILES string of the molecule is CN(C)C/C=C/C(=O)Nc1cccc(-c2nc(Nc3ccc(F)c(N4CCOCC4)c3)nc3[nH]nc(Cl)c23)c1. The summed E-state index contributed by atoms with van der Waals surface area (Å²) in [6, 6.07) is 12.1. The molecular formula is C27H28ClFN8O2. The van der Waals surface area contributed by atoms with E-state index in [0.29, 0.717) is 72.2 Å². The number of carbonyl (C=O) groups excluding carboxylic acids is 1. The minimum absolute atomic E-state index is 0.226. The van der Waals surface area contributed by atoms with Gasteiger partial charge in [0.25, 0.3) is 0 Å². The minimum Gasteiger partial charge on any atom is -0.378 e. The summed E-state index contributed by atoms with van der Waals surface area (Å²) >= 11 is 6.39. The third-order valence-electron chi connectivity index (χ3n) is 6.07. The van der Waals surface area contributed by atoms with Gasteiger partial charge >= 0.3 is 0 Å². The van der Waals surface area contributed by atoms with Crippen molar-refractivity contribution in [2.75, 3.05) is 62.5 Å². The normalized spacial score (nSPS) is 13.9. The molecule has 5 rings (SSSR count). The predicted molar refractivity (Wildman–Crippen MR) is 151 cm³/mol. The van der Waals surface area contributed by atoms with Gasteiger partial charge in [-0.3, -0.25) is 9.89 Å². The zero-order valence-corrected chi connectivity index (χ0v) is 22.3. The summed E-state index contributed by atoms with van der Waals surface area (Å²) in [5, 5.41) is 13.8. The van der Waals surface area contributed by atoms with Gasteiger partial charge in [-0.15, -0.1) is 0 Å². The fourth-order valence-corrected chi connectivity index (χ4v) is 4.45. The Morgan fingerprint density at radius 3 is 2.79 bits per heavy atom. The van der Waals surface area contributed by atoms with Crippen LogP contribution in [-0.4, -0.2) is 77.9 Å². The highest BCUT2D eigenvalue weighted by Gasteiger charge is 2.18. The van der Waals surface area contributed by atoms with Crippen LogP contribution in [0.3, 0.4) is 0 Å². The number of anilines is 4. The van der Waals surface area contributed by atoms with Gasteiger partial charge in [-0.05, 0) is 44.4 Å². The van der Waals surface area contributed by atoms with Crippen LogP contribution in [0.25, 0.3) is 22.3 Å². The van der Waals surface area contributed by atoms with Gasteiger partial charge < -0.3 is 25.2 Å². The van der Waals surface area contributed by atoms with E-state index in [-0.39, 0.29) is 22.8 Å². The molecule has 39 heavy (non-hydrogen) atoms. The summed E-state index contributed by atoms with van der Waals surface area (Å²) < 4.78 is 20.0. The van der Waals surface area contributed by atoms with Crippen LogP contribution in [0.2, 0.25) is 5.15 Å². The van der Waals surface area contributed by atoms with Crippen molar-refractivity contribution in [3.05, 3.63) is 65.6 Å². The molecule has 0 atom stereocenters. The lowest BCUT2D eigenvalue weighted by molar-refractivity contribution is -0.111. The second kappa shape index (κ2) is 11.8. The second-order valence-corrected chi connectivity index (χ2v) is 9.62. The Bertz CT molecular complexity index is 1520. The van der Waals surface area contributed by atoms with Gasteiger partial charge in [0.2, 0.25) is 11.9 Å². The van der Waals surface area contributed by atoms with Crippen molar-refractivity contribution in [2.24, 2.45) is 0 Å². The van der Waals surface area contributed by atoms with E-state index in [2.05, 4.69) is 25.8 Å². The van der Waals surface area contributed by atoms with Crippen LogP contribution in [0, 0.1) is 5.82 Å². The molecular weight excluding hydrogens is 523 g/mol. The number of amides is 1. The Labute approximate surface area is 229 Å². The second-order valence-electron chi connectivity index (χ2n) is 9.26. The molecule has 0 aliphatic carbocycles. The van der Waals surface area contributed by atoms with E-state index in [1.807, 2.05) is 36.0 Å². The van der Waals surface area contributed by atoms with E-state index in [1.54, 1.807) is 30.3 Å². The van der Waals surface area contributed by atoms with E-state index in [0.717, 1.165) is 0 Å². The van der Waals surface area contributed by atoms with Gasteiger partial charge in [0.05, 0.1) is 30.0 Å². The summed E-state index contributed by atoms with van der Waals surface area (Å²) in [5.41, 5.74) is 3.37. The third kappa shape index (κ3) is 6.33. The largest absolute Gasteiger partial charge is 0.378 e. The molecule has 1 amide bonds. The van der Waals surface area contributed by atoms with Crippen molar-refractivity contribution in [1.82, 2.24) is 25.1 Å². The van der Waals surface area contributed by atoms with E-state index < -0.39 is 0 Å². The summed E-state index contributed by atoms with van der Waals surface area (Å²) in [6.07, 6.45) is 3.29. The number of halogens is 2. The van der Waals surface area contributed by atoms with Gasteiger partial charge in [-0.25, -0.2) is 9.37 Å². The van der Waals surface area contributed by atoms with Crippen molar-refractivity contribution in [3.8, 4) is 11.3 Å². The molecule has 202 valence electrons. The van der Waals surface area contributed by atoms with Crippen LogP contribution < -0.4 is 15.5 Å². The number of likely N-dealkylation sites (N-methyl/N-ethyl adjacent to an activating group) is 1. The van der Waals surface area contributed by atoms with Crippen molar-refractivity contribution in [3.63, 3.8) is 0 Å². The Morgan fingerprint density at radius 1 is 1.18 bits per heavy atom. The number of rotatable bonds is 8. The zero-order valence-electron chi connectivity index (χ0n) is 21.5. The molecule has 2 aromatic heterocycles. The number of morpholine rings is 1. The first-order valence-electron chi connectivity index (χ1n) is 12.4. The standard InChI is InChI=1S/C27H28ClFN8O2/c1-36(2)10-4-7-22(38)30-18-6-3-5-17(15-18)24-23-25(28)34-35-26(23)33-27(32-24)31-19-8-9-20(29)21(16-19)37-11-13-39-14-12-37/h3-9,15-16H,10-14H2,1-2H3,(H,30,38)(H2,31,32,33,34,35)/b7-4+. The lowest BCUT2D eigenvalue weighted by Gasteiger charge is -2.29. The average molecular weight is 551 g/mol. The molecule has 10 nitrogen and oxygen atoms in total. The molecule has 1 aliphatic heterocycles. The maximum atomic E-state index is 14.6. The van der Waals surface area contributed by atoms with Gasteiger partial charge in [0.15, 0.2) is 10.8 Å². The van der Waals surface area contributed by atoms with Crippen LogP contribution in [0.15, 0.2) is 54.6 Å². The number of ether oxygens (including phenoxy) is 1. The highest BCUT2D eigenvalue weighted by Crippen LogP contribution is 2.33. The number of hydrogen-bond donors (Lipinski definition) is 3. The van der Waals surface area contributed by atoms with Gasteiger partial charge in [0, 0.05) is 42.6 Å². The van der Waals surface area contributed by atoms with Crippen molar-refractivity contribution in [1.29, 1.82) is 0 Å². The van der Waals surface area contributed by atoms with Gasteiger partial charge in [-0.1, -0.05) is 29.8 Å². The molecule has 12 heteroatoms. The summed E-state index contributed by atoms with van der Waals surface area (Å²) in [5.74, 6) is -0.272. The van der Waals surface area contributed by atoms with E-state index >= 15 is 0 Å². The average Bonchev–Trinajstić information content (AvgIpc) is 3.30. The number of nitrogens with one attached hydrogen (secondary N) is 3. The monoisotopic (exact) mass is 550 g/mol. The smallest absolute Gasteiger partial charge is 0.248 e. The molecule has 0 unspecified atom stereocenters. The Morgan fingerprint density at radius 2 is 2.00 bits per heavy atom. The molecule has 0 radical (unpaired) electrons. The Kier molecular flexibility index (Phi) is 8.01. The molecule has 3 heterocycles. The quantitative estimate of drug-likeness (QED) is 0.276. The van der Waals surface area contributed by atoms with E-state index in [9.17, 15) is 9.18 Å². The highest BCUT2D eigenvalue weighted by atomic mass is 35.5. The Hall–Kier alpha value is -4.06. The molecule has 4 aromatic rings. The predicted octanol–water partition coefficient (Wildman–Crippen LogP) is 4.45. The molecule has 0 bridgehead atoms. The maximum Gasteiger partial charge on any atom is 0.248 e. The maximum absolute atomic E-state index is 14.6. The molecule has 2 aromatic carbocycles. The molecule has 1 aliphatic rings. The topological polar surface area (TPSA) is 111 Å². The van der Waals surface area contributed by atoms with Gasteiger partial charge in [0.1, 0.15) is 5.82 Å². The Balaban J connectivity index is 1.44. The highest BCUT2D eigenvalue weighted by molar-refractivity contribution is 6.35. The molecule has 1 saturated heterocycles. The molecule has 0 spiro atoms. The lowest BCUT2D eigenvalue weighted by Crippen LogP contribution is -2.36. The molecule has 0 saturated carbocycles. The fourth-order valence-electron chi connectivity index (χ4n) is 4.22. The number of aromatic amines is 1. The number of hydrogen-bond acceptors (Lipinski definition) is 8. The van der Waals surface area contributed by atoms with Crippen LogP contribution in [0.5, 0.6) is 0 Å². The van der Waals surface area contributed by atoms with Crippen molar-refractivity contribution in [2.45, 2.75) is 0 Å². The molecule has 3 N–H and O–H groups in total. The number of aromatic nitrogens is 4. The number of H-pyrrole nitrogens is 1. The third-order valence-corrected chi connectivity index (χ3v) is 6.35. The first kappa shape index (κ1) is 26.5. The first-order chi connectivity index (χ1) is 18.9. The number of carbonyl (C=O) groups is 1. The van der Waals surface area contributed by atoms with E-state index in [1.165, 1.54) is 12.1 Å². The van der Waals surface area contributed by atoms with Crippen LogP contribution in [0.1, 0.15) is 0 Å². The molecule has 1 fully saturated rings.